The third-order valence-electron chi connectivity index (χ3n) is 2.61. The zero-order valence-electron chi connectivity index (χ0n) is 10.8. The Balaban J connectivity index is 2.27. The van der Waals surface area contributed by atoms with Crippen LogP contribution in [0.3, 0.4) is 0 Å². The lowest BCUT2D eigenvalue weighted by Crippen LogP contribution is -2.04. The van der Waals surface area contributed by atoms with Crippen molar-refractivity contribution >= 4 is 11.4 Å². The van der Waals surface area contributed by atoms with E-state index in [1.807, 2.05) is 13.0 Å². The van der Waals surface area contributed by atoms with Crippen LogP contribution in [0.15, 0.2) is 24.5 Å². The van der Waals surface area contributed by atoms with Gasteiger partial charge in [0, 0.05) is 12.6 Å². The molecule has 8 heteroatoms. The van der Waals surface area contributed by atoms with Gasteiger partial charge in [-0.3, -0.25) is 10.1 Å². The molecule has 0 amide bonds. The monoisotopic (exact) mass is 272 g/mol. The molecule has 8 nitrogen and oxygen atoms in total. The molecule has 0 fully saturated rings. The van der Waals surface area contributed by atoms with Gasteiger partial charge in [0.2, 0.25) is 0 Å². The maximum absolute atomic E-state index is 11.0. The number of hydrogen-bond donors (Lipinski definition) is 1. The summed E-state index contributed by atoms with van der Waals surface area (Å²) in [4.78, 5) is 14.4. The van der Waals surface area contributed by atoms with Gasteiger partial charge in [-0.25, -0.2) is 9.67 Å². The van der Waals surface area contributed by atoms with Crippen molar-refractivity contribution in [2.24, 2.45) is 0 Å². The summed E-state index contributed by atoms with van der Waals surface area (Å²) in [5, 5.41) is 26.5. The zero-order valence-corrected chi connectivity index (χ0v) is 10.8. The topological polar surface area (TPSA) is 110 Å². The highest BCUT2D eigenvalue weighted by Gasteiger charge is 2.14. The summed E-state index contributed by atoms with van der Waals surface area (Å²) in [5.74, 6) is 0.0729. The molecule has 0 saturated carbocycles. The highest BCUT2D eigenvalue weighted by atomic mass is 16.6. The van der Waals surface area contributed by atoms with Crippen molar-refractivity contribution < 1.29 is 4.92 Å². The maximum Gasteiger partial charge on any atom is 0.292 e. The van der Waals surface area contributed by atoms with Crippen LogP contribution in [0.2, 0.25) is 0 Å². The molecule has 1 heterocycles. The lowest BCUT2D eigenvalue weighted by molar-refractivity contribution is -0.384. The molecule has 1 N–H and O–H groups in total. The molecule has 102 valence electrons. The van der Waals surface area contributed by atoms with Crippen molar-refractivity contribution in [1.82, 2.24) is 14.8 Å². The number of nitrogens with one attached hydrogen (secondary N) is 1. The van der Waals surface area contributed by atoms with E-state index < -0.39 is 4.92 Å². The van der Waals surface area contributed by atoms with Crippen LogP contribution in [0, 0.1) is 21.4 Å². The number of nitrogens with zero attached hydrogens (tertiary/aromatic N) is 5. The predicted molar refractivity (Wildman–Crippen MR) is 71.1 cm³/mol. The van der Waals surface area contributed by atoms with Crippen molar-refractivity contribution in [2.45, 2.75) is 13.5 Å². The van der Waals surface area contributed by atoms with Crippen LogP contribution in [0.4, 0.5) is 11.4 Å². The fraction of sp³-hybridized carbons (Fsp3) is 0.250. The van der Waals surface area contributed by atoms with E-state index in [1.165, 1.54) is 17.1 Å². The highest BCUT2D eigenvalue weighted by Crippen LogP contribution is 2.25. The highest BCUT2D eigenvalue weighted by molar-refractivity contribution is 5.62. The van der Waals surface area contributed by atoms with Gasteiger partial charge >= 0.3 is 0 Å². The largest absolute Gasteiger partial charge is 0.380 e. The van der Waals surface area contributed by atoms with Crippen molar-refractivity contribution in [1.29, 1.82) is 5.26 Å². The van der Waals surface area contributed by atoms with E-state index in [0.29, 0.717) is 24.3 Å². The van der Waals surface area contributed by atoms with Crippen molar-refractivity contribution in [3.63, 3.8) is 0 Å². The predicted octanol–water partition coefficient (Wildman–Crippen LogP) is 1.54. The van der Waals surface area contributed by atoms with Gasteiger partial charge in [0.25, 0.3) is 11.5 Å². The fourth-order valence-electron chi connectivity index (χ4n) is 1.78. The normalized spacial score (nSPS) is 10.0. The first-order valence-electron chi connectivity index (χ1n) is 5.94. The van der Waals surface area contributed by atoms with Gasteiger partial charge in [-0.05, 0) is 18.6 Å². The van der Waals surface area contributed by atoms with Crippen molar-refractivity contribution in [3.05, 3.63) is 46.0 Å². The Morgan fingerprint density at radius 1 is 1.55 bits per heavy atom. The summed E-state index contributed by atoms with van der Waals surface area (Å²) < 4.78 is 1.46. The Kier molecular flexibility index (Phi) is 3.91. The van der Waals surface area contributed by atoms with Crippen LogP contribution < -0.4 is 5.32 Å². The Morgan fingerprint density at radius 2 is 2.35 bits per heavy atom. The zero-order chi connectivity index (χ0) is 14.5. The number of aromatic nitrogens is 3. The molecule has 0 atom stereocenters. The second kappa shape index (κ2) is 5.79. The van der Waals surface area contributed by atoms with Crippen LogP contribution in [0.5, 0.6) is 0 Å². The smallest absolute Gasteiger partial charge is 0.292 e. The number of hydrogen-bond acceptors (Lipinski definition) is 6. The number of nitriles is 1. The minimum Gasteiger partial charge on any atom is -0.380 e. The molecule has 1 aromatic heterocycles. The molecule has 0 bridgehead atoms. The minimum absolute atomic E-state index is 0.0185. The maximum atomic E-state index is 11.0. The van der Waals surface area contributed by atoms with E-state index in [0.717, 1.165) is 0 Å². The molecule has 1 aromatic carbocycles. The van der Waals surface area contributed by atoms with Gasteiger partial charge in [-0.15, -0.1) is 5.10 Å². The summed E-state index contributed by atoms with van der Waals surface area (Å²) in [6, 6.07) is 6.76. The Morgan fingerprint density at radius 3 is 2.95 bits per heavy atom. The molecule has 0 saturated heterocycles. The summed E-state index contributed by atoms with van der Waals surface area (Å²) >= 11 is 0. The van der Waals surface area contributed by atoms with Gasteiger partial charge in [-0.2, -0.15) is 5.26 Å². The number of nitro groups is 1. The van der Waals surface area contributed by atoms with Gasteiger partial charge in [0.15, 0.2) is 0 Å². The average molecular weight is 272 g/mol. The summed E-state index contributed by atoms with van der Waals surface area (Å²) in [7, 11) is 0. The van der Waals surface area contributed by atoms with E-state index >= 15 is 0 Å². The van der Waals surface area contributed by atoms with Crippen molar-refractivity contribution in [3.8, 4) is 6.07 Å². The number of benzene rings is 1. The molecule has 0 aliphatic heterocycles. The quantitative estimate of drug-likeness (QED) is 0.653. The van der Waals surface area contributed by atoms with E-state index in [2.05, 4.69) is 15.4 Å². The molecule has 0 aliphatic rings. The number of anilines is 1. The third-order valence-corrected chi connectivity index (χ3v) is 2.61. The molecular formula is C12H12N6O2. The molecule has 0 spiro atoms. The summed E-state index contributed by atoms with van der Waals surface area (Å²) in [6.07, 6.45) is 1.42. The Hall–Kier alpha value is -2.95. The van der Waals surface area contributed by atoms with Gasteiger partial charge in [0.1, 0.15) is 18.1 Å². The van der Waals surface area contributed by atoms with Crippen LogP contribution in [-0.4, -0.2) is 26.2 Å². The second-order valence-electron chi connectivity index (χ2n) is 4.02. The first-order valence-corrected chi connectivity index (χ1v) is 5.94. The van der Waals surface area contributed by atoms with Gasteiger partial charge in [-0.1, -0.05) is 6.07 Å². The van der Waals surface area contributed by atoms with Gasteiger partial charge < -0.3 is 5.32 Å². The van der Waals surface area contributed by atoms with E-state index in [-0.39, 0.29) is 11.5 Å². The van der Waals surface area contributed by atoms with E-state index in [1.54, 1.807) is 12.1 Å². The number of nitro benzene ring substituents is 1. The average Bonchev–Trinajstić information content (AvgIpc) is 2.88. The molecule has 2 aromatic rings. The first-order chi connectivity index (χ1) is 9.63. The van der Waals surface area contributed by atoms with Crippen LogP contribution >= 0.6 is 0 Å². The van der Waals surface area contributed by atoms with E-state index in [9.17, 15) is 10.1 Å². The molecule has 0 aliphatic carbocycles. The molecule has 20 heavy (non-hydrogen) atoms. The molecule has 2 rings (SSSR count). The third kappa shape index (κ3) is 2.89. The fourth-order valence-corrected chi connectivity index (χ4v) is 1.78. The summed E-state index contributed by atoms with van der Waals surface area (Å²) in [6.45, 7) is 2.80. The lowest BCUT2D eigenvalue weighted by atomic mass is 10.1. The van der Waals surface area contributed by atoms with Gasteiger partial charge in [0.05, 0.1) is 11.5 Å². The number of rotatable bonds is 5. The minimum atomic E-state index is -0.427. The second-order valence-corrected chi connectivity index (χ2v) is 4.02. The molecular weight excluding hydrogens is 260 g/mol. The van der Waals surface area contributed by atoms with Crippen molar-refractivity contribution in [2.75, 3.05) is 11.9 Å². The Bertz CT molecular complexity index is 673. The standard InChI is InChI=1S/C12H12N6O2/c1-2-14-10-4-3-9(5-11(10)18(19)20)7-17-8-15-12(6-13)16-17/h3-5,8,14H,2,7H2,1H3. The SMILES string of the molecule is CCNc1ccc(Cn2cnc(C#N)n2)cc1[N+](=O)[O-]. The van der Waals surface area contributed by atoms with Crippen LogP contribution in [0.1, 0.15) is 18.3 Å². The first kappa shape index (κ1) is 13.5. The van der Waals surface area contributed by atoms with Crippen LogP contribution in [0.25, 0.3) is 0 Å². The van der Waals surface area contributed by atoms with E-state index in [4.69, 9.17) is 5.26 Å². The molecule has 0 unspecified atom stereocenters. The summed E-state index contributed by atoms with van der Waals surface area (Å²) in [5.41, 5.74) is 1.22. The van der Waals surface area contributed by atoms with Crippen LogP contribution in [-0.2, 0) is 6.54 Å². The molecule has 0 radical (unpaired) electrons. The Labute approximate surface area is 114 Å². The lowest BCUT2D eigenvalue weighted by Gasteiger charge is -2.06.